The third kappa shape index (κ3) is 88.3. The van der Waals surface area contributed by atoms with E-state index in [1.165, 1.54) is 13.8 Å². The van der Waals surface area contributed by atoms with Gasteiger partial charge in [0.1, 0.15) is 13.2 Å². The predicted octanol–water partition coefficient (Wildman–Crippen LogP) is -1.01. The molecular formula is C28H24F44K2N2O20S6. The van der Waals surface area contributed by atoms with Crippen molar-refractivity contribution in [2.24, 2.45) is 0 Å². The van der Waals surface area contributed by atoms with Crippen LogP contribution in [0.25, 0.3) is 0 Å². The van der Waals surface area contributed by atoms with Gasteiger partial charge >= 0.3 is 233 Å². The van der Waals surface area contributed by atoms with Gasteiger partial charge in [-0.05, 0) is 0 Å². The first-order valence-electron chi connectivity index (χ1n) is 19.2. The van der Waals surface area contributed by atoms with Crippen LogP contribution >= 0.6 is 0 Å². The number of epoxide rings is 2. The number of nitriles is 2. The van der Waals surface area contributed by atoms with Gasteiger partial charge in [-0.2, -0.15) is 158 Å². The molecule has 0 aromatic rings. The van der Waals surface area contributed by atoms with Gasteiger partial charge in [-0.3, -0.25) is 28.6 Å². The standard InChI is InChI=1S/C9H5F13O3.C6H5F7O2.2C3H2F4O.C3H4F2O.2C2H3N.6F2O2S.2FH.2K/c10-1-4(12,2-11)24-6(14,8(18,19)20)9(21,22)25-5(13,3-23)7(15,16)17;7-1-4(9,2-8)15-5(10,3-14)6(11,12)13;2*4-2(1-8-2)3(5,6)7;4-1-3(6)2-5;2*1-2-3;6*1-5(2,3)4;;;;/h3H,1-2H2;3H,1-2H2;2*1H2;1-2H2;2*1H3;;;;;;;2*1H;;/q;;;;;;;;;;;;;;;2*+1/p-2. The molecule has 2 fully saturated rings. The van der Waals surface area contributed by atoms with Crippen molar-refractivity contribution in [3.8, 4) is 12.1 Å². The zero-order chi connectivity index (χ0) is 83.1. The van der Waals surface area contributed by atoms with Gasteiger partial charge in [-0.25, -0.2) is 35.1 Å². The quantitative estimate of drug-likeness (QED) is 0.0623. The van der Waals surface area contributed by atoms with Crippen LogP contribution in [0.4, 0.5) is 178 Å². The van der Waals surface area contributed by atoms with Gasteiger partial charge in [0, 0.05) is 13.8 Å². The maximum absolute atomic E-state index is 13.6. The molecule has 5 atom stereocenters. The molecule has 0 spiro atoms. The van der Waals surface area contributed by atoms with Crippen LogP contribution in [0.1, 0.15) is 13.8 Å². The van der Waals surface area contributed by atoms with Crippen molar-refractivity contribution in [1.29, 1.82) is 10.5 Å². The first-order valence-corrected chi connectivity index (χ1v) is 26.9. The summed E-state index contributed by atoms with van der Waals surface area (Å²) in [4.78, 5) is 29.1. The third-order valence-electron chi connectivity index (χ3n) is 5.49. The Morgan fingerprint density at radius 3 is 0.647 bits per heavy atom. The molecule has 2 heterocycles. The second-order valence-corrected chi connectivity index (χ2v) is 17.8. The summed E-state index contributed by atoms with van der Waals surface area (Å²) >= 11 is 0. The molecule has 2 rings (SSSR count). The fourth-order valence-corrected chi connectivity index (χ4v) is 2.02. The van der Waals surface area contributed by atoms with Crippen molar-refractivity contribution in [2.45, 2.75) is 91.8 Å². The summed E-state index contributed by atoms with van der Waals surface area (Å²) < 4.78 is 593. The van der Waals surface area contributed by atoms with E-state index in [9.17, 15) is 193 Å². The Hall–Kier alpha value is -2.32. The second kappa shape index (κ2) is 54.3. The first kappa shape index (κ1) is 135. The van der Waals surface area contributed by atoms with Crippen LogP contribution in [0.3, 0.4) is 0 Å². The molecule has 102 heavy (non-hydrogen) atoms. The number of ketones is 1. The summed E-state index contributed by atoms with van der Waals surface area (Å²) in [6, 6.07) is 3.50. The van der Waals surface area contributed by atoms with Gasteiger partial charge in [0.15, 0.2) is 58.4 Å². The molecule has 0 saturated carbocycles. The number of alkyl halides is 30. The largest absolute Gasteiger partial charge is 1.00 e. The van der Waals surface area contributed by atoms with Crippen molar-refractivity contribution in [3.05, 3.63) is 0 Å². The van der Waals surface area contributed by atoms with E-state index in [0.29, 0.717) is 0 Å². The number of halogens is 44. The van der Waals surface area contributed by atoms with Crippen LogP contribution in [0, 0.1) is 22.7 Å². The van der Waals surface area contributed by atoms with Crippen LogP contribution < -0.4 is 112 Å². The minimum Gasteiger partial charge on any atom is -1.00 e. The SMILES string of the molecule is CC#N.CC#N.FC(F)(F)C1(F)CO1.FC(F)(F)C1(F)CO1.O=C(CF)CF.O=CC(F)(OC(F)(CF)CF)C(F)(F)F.O=CC(F)(OC(F)(F)C(F)(OC(F)(CF)CF)C(F)(F)F)C(F)(F)F.O=S(=O)(F)F.O=S(=O)(F)F.O=S(=O)(F)F.O=S(=O)(F)F.O=S(=O)(F)F.O=S(=O)(F)F.[F-].[F-].[K+].[K+]. The minimum atomic E-state index is -7.20. The number of hydrogen-bond acceptors (Lipinski definition) is 22. The summed E-state index contributed by atoms with van der Waals surface area (Å²) in [5.41, 5.74) is 0. The molecular weight excluding hydrogens is 1790 g/mol. The normalized spacial score (nSPS) is 17.2. The Morgan fingerprint density at radius 2 is 0.559 bits per heavy atom. The number of carbonyl (C=O) groups is 3. The zero-order valence-electron chi connectivity index (χ0n) is 47.0. The average Bonchev–Trinajstić information content (AvgIpc) is 1.14. The van der Waals surface area contributed by atoms with Crippen LogP contribution in [0.2, 0.25) is 0 Å². The number of nitrogens with zero attached hydrogens (tertiary/aromatic N) is 2. The molecule has 2 aliphatic heterocycles. The van der Waals surface area contributed by atoms with Crippen molar-refractivity contribution in [1.82, 2.24) is 0 Å². The van der Waals surface area contributed by atoms with Crippen LogP contribution in [-0.2, 0) is 102 Å². The molecule has 612 valence electrons. The number of hydrogen-bond donors (Lipinski definition) is 0. The molecule has 22 nitrogen and oxygen atoms in total. The monoisotopic (exact) mass is 1810 g/mol. The van der Waals surface area contributed by atoms with Gasteiger partial charge in [0.25, 0.3) is 11.7 Å². The van der Waals surface area contributed by atoms with E-state index < -0.39 is 213 Å². The van der Waals surface area contributed by atoms with E-state index in [1.54, 1.807) is 12.1 Å². The summed E-state index contributed by atoms with van der Waals surface area (Å²) in [5, 5.41) is 14.6. The van der Waals surface area contributed by atoms with Crippen LogP contribution in [0.15, 0.2) is 0 Å². The summed E-state index contributed by atoms with van der Waals surface area (Å²) in [6.07, 6.45) is -40.2. The fourth-order valence-electron chi connectivity index (χ4n) is 2.02. The van der Waals surface area contributed by atoms with Crippen LogP contribution in [0.5, 0.6) is 0 Å². The van der Waals surface area contributed by atoms with Gasteiger partial charge < -0.3 is 18.9 Å². The molecule has 0 N–H and O–H groups in total. The van der Waals surface area contributed by atoms with Crippen molar-refractivity contribution in [3.63, 3.8) is 0 Å². The van der Waals surface area contributed by atoms with E-state index in [4.69, 9.17) is 61.0 Å². The van der Waals surface area contributed by atoms with Crippen LogP contribution in [-0.4, -0.2) is 200 Å². The van der Waals surface area contributed by atoms with Gasteiger partial charge in [-0.15, -0.1) is 0 Å². The molecule has 0 aromatic heterocycles. The molecule has 0 amide bonds. The fraction of sp³-hybridized carbons (Fsp3) is 0.821. The number of aldehydes is 2. The topological polar surface area (TPSA) is 356 Å². The Bertz CT molecular complexity index is 2760. The molecule has 0 aromatic carbocycles. The maximum atomic E-state index is 13.6. The molecule has 5 unspecified atom stereocenters. The average molecular weight is 1820 g/mol. The number of carbonyl (C=O) groups excluding carboxylic acids is 3. The van der Waals surface area contributed by atoms with E-state index in [2.05, 4.69) is 18.9 Å². The minimum absolute atomic E-state index is 0. The van der Waals surface area contributed by atoms with Crippen molar-refractivity contribution in [2.75, 3.05) is 53.3 Å². The van der Waals surface area contributed by atoms with E-state index in [-0.39, 0.29) is 112 Å². The number of rotatable bonds is 15. The maximum Gasteiger partial charge on any atom is 1.00 e. The van der Waals surface area contributed by atoms with E-state index in [0.717, 1.165) is 0 Å². The van der Waals surface area contributed by atoms with Crippen molar-refractivity contribution >= 4 is 82.0 Å². The Kier molecular flexibility index (Phi) is 72.1. The van der Waals surface area contributed by atoms with Gasteiger partial charge in [0.2, 0.25) is 0 Å². The third-order valence-corrected chi connectivity index (χ3v) is 5.49. The summed E-state index contributed by atoms with van der Waals surface area (Å²) in [6.45, 7) is -11.9. The molecule has 74 heteroatoms. The second-order valence-electron chi connectivity index (χ2n) is 13.3. The predicted molar refractivity (Wildman–Crippen MR) is 220 cm³/mol. The molecule has 2 saturated heterocycles. The molecule has 0 radical (unpaired) electrons. The zero-order valence-corrected chi connectivity index (χ0v) is 58.1. The number of Topliss-reactive ketones (excluding diaryl/α,β-unsaturated/α-hetero) is 1. The Balaban J connectivity index is -0.0000000658. The number of ether oxygens (including phenoxy) is 5. The van der Waals surface area contributed by atoms with Crippen molar-refractivity contribution < 1.29 is 379 Å². The first-order chi connectivity index (χ1) is 42.0. The Labute approximate surface area is 623 Å². The summed E-state index contributed by atoms with van der Waals surface area (Å²) in [7, 11) is -34.0. The summed E-state index contributed by atoms with van der Waals surface area (Å²) in [5.74, 6) is -35.1. The Morgan fingerprint density at radius 1 is 0.402 bits per heavy atom. The van der Waals surface area contributed by atoms with Gasteiger partial charge in [-0.1, -0.05) is 46.6 Å². The van der Waals surface area contributed by atoms with E-state index in [1.807, 2.05) is 4.74 Å². The molecule has 0 aliphatic carbocycles. The smallest absolute Gasteiger partial charge is 1.00 e. The molecule has 0 bridgehead atoms. The van der Waals surface area contributed by atoms with E-state index >= 15 is 0 Å². The van der Waals surface area contributed by atoms with Gasteiger partial charge in [0.05, 0.1) is 12.1 Å². The molecule has 2 aliphatic rings.